The number of rotatable bonds is 4. The molecule has 0 radical (unpaired) electrons. The quantitative estimate of drug-likeness (QED) is 0.583. The molecule has 0 fully saturated rings. The molecule has 116 valence electrons. The molecule has 18 heavy (non-hydrogen) atoms. The van der Waals surface area contributed by atoms with Crippen LogP contribution in [0.5, 0.6) is 0 Å². The van der Waals surface area contributed by atoms with Crippen molar-refractivity contribution in [3.05, 3.63) is 0 Å². The molecule has 0 aliphatic rings. The average Bonchev–Trinajstić information content (AvgIpc) is 1.72. The third kappa shape index (κ3) is 36.0. The molecule has 0 aromatic rings. The second kappa shape index (κ2) is 11.9. The maximum atomic E-state index is 5.64. The Morgan fingerprint density at radius 1 is 0.556 bits per heavy atom. The Balaban J connectivity index is -0.0000000980. The first-order valence-electron chi connectivity index (χ1n) is 5.56. The molecule has 0 aliphatic heterocycles. The maximum Gasteiger partial charge on any atom is 0.188 e. The number of hydrogen-bond donors (Lipinski definition) is 0. The van der Waals surface area contributed by atoms with E-state index in [0.29, 0.717) is 0 Å². The van der Waals surface area contributed by atoms with Crippen molar-refractivity contribution in [2.45, 2.75) is 39.3 Å². The van der Waals surface area contributed by atoms with E-state index in [1.165, 1.54) is 0 Å². The summed E-state index contributed by atoms with van der Waals surface area (Å²) in [5, 5.41) is 0. The molecule has 4 nitrogen and oxygen atoms in total. The highest BCUT2D eigenvalue weighted by Gasteiger charge is 2.15. The Morgan fingerprint density at radius 2 is 0.722 bits per heavy atom. The summed E-state index contributed by atoms with van der Waals surface area (Å²) >= 11 is 0. The van der Waals surface area contributed by atoms with Gasteiger partial charge in [0.05, 0.1) is 0 Å². The van der Waals surface area contributed by atoms with E-state index in [2.05, 4.69) is 65.9 Å². The summed E-state index contributed by atoms with van der Waals surface area (Å²) in [4.78, 5) is 0. The molecule has 0 aromatic heterocycles. The van der Waals surface area contributed by atoms with Gasteiger partial charge in [-0.25, -0.2) is 0 Å². The third-order valence-corrected chi connectivity index (χ3v) is 8.22. The summed E-state index contributed by atoms with van der Waals surface area (Å²) in [6, 6.07) is 0. The van der Waals surface area contributed by atoms with Crippen LogP contribution < -0.4 is 0 Å². The lowest BCUT2D eigenvalue weighted by Crippen LogP contribution is -2.21. The Labute approximate surface area is 118 Å². The lowest BCUT2D eigenvalue weighted by Gasteiger charge is -2.19. The van der Waals surface area contributed by atoms with Gasteiger partial charge in [-0.05, 0) is 65.9 Å². The van der Waals surface area contributed by atoms with E-state index in [1.54, 1.807) is 0 Å². The van der Waals surface area contributed by atoms with Gasteiger partial charge in [0.25, 0.3) is 0 Å². The average molecular weight is 336 g/mol. The van der Waals surface area contributed by atoms with E-state index in [1.807, 2.05) is 0 Å². The molecular weight excluding hydrogens is 302 g/mol. The molecule has 0 saturated heterocycles. The molecule has 0 spiro atoms. The smallest absolute Gasteiger partial charge is 0.188 e. The molecule has 0 rings (SSSR count). The first-order valence-corrected chi connectivity index (χ1v) is 16.7. The molecule has 0 bridgehead atoms. The summed E-state index contributed by atoms with van der Waals surface area (Å²) in [7, 11) is -2.64. The van der Waals surface area contributed by atoms with Crippen molar-refractivity contribution >= 4 is 32.9 Å². The van der Waals surface area contributed by atoms with Gasteiger partial charge in [-0.1, -0.05) is 0 Å². The summed E-state index contributed by atoms with van der Waals surface area (Å²) in [6.45, 7) is 21.9. The van der Waals surface area contributed by atoms with Gasteiger partial charge >= 0.3 is 0 Å². The van der Waals surface area contributed by atoms with Crippen molar-refractivity contribution in [1.29, 1.82) is 0 Å². The minimum atomic E-state index is -1.19. The van der Waals surface area contributed by atoms with Crippen LogP contribution in [0.15, 0.2) is 0 Å². The molecule has 0 unspecified atom stereocenters. The Kier molecular flexibility index (Phi) is 18.2. The lowest BCUT2D eigenvalue weighted by atomic mass is 11.8. The molecule has 0 aromatic carbocycles. The van der Waals surface area contributed by atoms with Crippen molar-refractivity contribution in [1.82, 2.24) is 0 Å². The predicted octanol–water partition coefficient (Wildman–Crippen LogP) is 3.34. The van der Waals surface area contributed by atoms with Gasteiger partial charge in [0.1, 0.15) is 0 Å². The van der Waals surface area contributed by atoms with Crippen molar-refractivity contribution in [2.75, 3.05) is 26.7 Å². The minimum Gasteiger partial charge on any atom is -0.412 e. The van der Waals surface area contributed by atoms with Crippen molar-refractivity contribution in [3.63, 3.8) is 0 Å². The van der Waals surface area contributed by atoms with Crippen LogP contribution in [-0.4, -0.2) is 54.2 Å². The molecule has 4 N–H and O–H groups in total. The van der Waals surface area contributed by atoms with Crippen LogP contribution in [0.4, 0.5) is 0 Å². The zero-order chi connectivity index (χ0) is 13.6. The van der Waals surface area contributed by atoms with Crippen LogP contribution >= 0.6 is 16.3 Å². The molecule has 0 amide bonds. The van der Waals surface area contributed by atoms with Gasteiger partial charge in [-0.15, -0.1) is 0 Å². The number of hydrogen-bond acceptors (Lipinski definition) is 2. The fraction of sp³-hybridized carbons (Fsp3) is 1.00. The zero-order valence-electron chi connectivity index (χ0n) is 13.7. The standard InChI is InChI=1S/2C5H15OPSi.2H2O/c2*1-7(2)6-8(3,4)5;;/h2*1-5H3;2*1H2. The fourth-order valence-electron chi connectivity index (χ4n) is 1.10. The van der Waals surface area contributed by atoms with Crippen LogP contribution in [0.1, 0.15) is 0 Å². The summed E-state index contributed by atoms with van der Waals surface area (Å²) in [5.41, 5.74) is 0. The van der Waals surface area contributed by atoms with Gasteiger partial charge in [-0.3, -0.25) is 0 Å². The Hall–Kier alpha value is 1.13. The highest BCUT2D eigenvalue weighted by Crippen LogP contribution is 2.31. The summed E-state index contributed by atoms with van der Waals surface area (Å²) < 4.78 is 11.3. The van der Waals surface area contributed by atoms with Gasteiger partial charge in [0.2, 0.25) is 0 Å². The molecule has 0 heterocycles. The molecule has 0 saturated carbocycles. The van der Waals surface area contributed by atoms with E-state index >= 15 is 0 Å². The van der Waals surface area contributed by atoms with Gasteiger partial charge in [0.15, 0.2) is 16.6 Å². The zero-order valence-corrected chi connectivity index (χ0v) is 17.5. The van der Waals surface area contributed by atoms with Crippen LogP contribution in [0, 0.1) is 0 Å². The largest absolute Gasteiger partial charge is 0.412 e. The van der Waals surface area contributed by atoms with Crippen LogP contribution in [0.25, 0.3) is 0 Å². The van der Waals surface area contributed by atoms with Gasteiger partial charge in [0, 0.05) is 16.3 Å². The van der Waals surface area contributed by atoms with Gasteiger partial charge < -0.3 is 19.4 Å². The normalized spacial score (nSPS) is 11.3. The van der Waals surface area contributed by atoms with Crippen molar-refractivity contribution in [2.24, 2.45) is 0 Å². The second-order valence-electron chi connectivity index (χ2n) is 6.03. The SMILES string of the molecule is CP(C)O[Si](C)(C)C.CP(C)O[Si](C)(C)C.O.O. The maximum absolute atomic E-state index is 5.64. The Morgan fingerprint density at radius 3 is 0.722 bits per heavy atom. The first kappa shape index (κ1) is 27.5. The molecular formula is C10H34O4P2Si2. The first-order chi connectivity index (χ1) is 6.83. The predicted molar refractivity (Wildman–Crippen MR) is 93.6 cm³/mol. The van der Waals surface area contributed by atoms with Crippen LogP contribution in [-0.2, 0) is 8.43 Å². The Bertz CT molecular complexity index is 160. The summed E-state index contributed by atoms with van der Waals surface area (Å²) in [6.07, 6.45) is 0. The highest BCUT2D eigenvalue weighted by molar-refractivity contribution is 7.52. The molecule has 0 atom stereocenters. The van der Waals surface area contributed by atoms with E-state index in [9.17, 15) is 0 Å². The summed E-state index contributed by atoms with van der Waals surface area (Å²) in [5.74, 6) is 0. The van der Waals surface area contributed by atoms with Crippen LogP contribution in [0.3, 0.4) is 0 Å². The molecule has 8 heteroatoms. The van der Waals surface area contributed by atoms with E-state index < -0.39 is 16.6 Å². The fourth-order valence-corrected chi connectivity index (χ4v) is 9.86. The lowest BCUT2D eigenvalue weighted by molar-refractivity contribution is 0.626. The van der Waals surface area contributed by atoms with Crippen molar-refractivity contribution < 1.29 is 19.4 Å². The van der Waals surface area contributed by atoms with Crippen LogP contribution in [0.2, 0.25) is 39.3 Å². The topological polar surface area (TPSA) is 81.5 Å². The second-order valence-corrected chi connectivity index (χ2v) is 19.2. The van der Waals surface area contributed by atoms with Gasteiger partial charge in [-0.2, -0.15) is 0 Å². The minimum absolute atomic E-state index is 0. The van der Waals surface area contributed by atoms with E-state index in [-0.39, 0.29) is 27.2 Å². The highest BCUT2D eigenvalue weighted by atomic mass is 31.1. The monoisotopic (exact) mass is 336 g/mol. The molecule has 0 aliphatic carbocycles. The van der Waals surface area contributed by atoms with Crippen molar-refractivity contribution in [3.8, 4) is 0 Å². The van der Waals surface area contributed by atoms with E-state index in [4.69, 9.17) is 8.43 Å². The van der Waals surface area contributed by atoms with E-state index in [0.717, 1.165) is 0 Å². The third-order valence-electron chi connectivity index (χ3n) is 0.913.